The van der Waals surface area contributed by atoms with Gasteiger partial charge in [0, 0.05) is 0 Å². The molecule has 0 spiro atoms. The molecule has 0 amide bonds. The van der Waals surface area contributed by atoms with Crippen LogP contribution in [0.4, 0.5) is 0 Å². The van der Waals surface area contributed by atoms with Gasteiger partial charge < -0.3 is 9.63 Å². The molecule has 4 heteroatoms. The zero-order chi connectivity index (χ0) is 13.8. The summed E-state index contributed by atoms with van der Waals surface area (Å²) in [6.07, 6.45) is 1.54. The van der Waals surface area contributed by atoms with Gasteiger partial charge in [-0.15, -0.1) is 0 Å². The van der Waals surface area contributed by atoms with Gasteiger partial charge in [-0.2, -0.15) is 0 Å². The van der Waals surface area contributed by atoms with Crippen molar-refractivity contribution in [3.63, 3.8) is 0 Å². The number of nitrogens with zero attached hydrogens (tertiary/aromatic N) is 1. The number of rotatable bonds is 4. The highest BCUT2D eigenvalue weighted by molar-refractivity contribution is 6.48. The van der Waals surface area contributed by atoms with E-state index in [9.17, 15) is 0 Å². The van der Waals surface area contributed by atoms with Crippen molar-refractivity contribution in [3.05, 3.63) is 35.4 Å². The molecule has 0 aliphatic carbocycles. The predicted octanol–water partition coefficient (Wildman–Crippen LogP) is 3.58. The highest BCUT2D eigenvalue weighted by Crippen LogP contribution is 2.36. The van der Waals surface area contributed by atoms with E-state index in [-0.39, 0.29) is 11.5 Å². The maximum Gasteiger partial charge on any atom is 0.171 e. The molecule has 1 unspecified atom stereocenters. The molecule has 0 saturated carbocycles. The lowest BCUT2D eigenvalue weighted by molar-refractivity contribution is 0.0866. The molecule has 3 nitrogen and oxygen atoms in total. The first-order chi connectivity index (χ1) is 8.34. The standard InChI is InChI=1S/C14H23NO2Si/c1-14(2,3)13(17-18(4)5)12-8-6-11(7-9-12)10-15-16/h6-10,13,16,18H,1-5H3. The first-order valence-electron chi connectivity index (χ1n) is 6.27. The molecule has 1 aromatic carbocycles. The van der Waals surface area contributed by atoms with Gasteiger partial charge >= 0.3 is 0 Å². The zero-order valence-electron chi connectivity index (χ0n) is 11.8. The van der Waals surface area contributed by atoms with E-state index >= 15 is 0 Å². The van der Waals surface area contributed by atoms with Crippen LogP contribution in [0.15, 0.2) is 29.4 Å². The van der Waals surface area contributed by atoms with Gasteiger partial charge in [0.15, 0.2) is 9.04 Å². The maximum absolute atomic E-state index is 8.50. The summed E-state index contributed by atoms with van der Waals surface area (Å²) in [6, 6.07) is 7.98. The highest BCUT2D eigenvalue weighted by atomic mass is 28.3. The normalized spacial score (nSPS) is 14.3. The summed E-state index contributed by atoms with van der Waals surface area (Å²) >= 11 is 0. The van der Waals surface area contributed by atoms with Crippen LogP contribution in [0.2, 0.25) is 13.1 Å². The Balaban J connectivity index is 2.98. The molecule has 1 rings (SSSR count). The van der Waals surface area contributed by atoms with Crippen LogP contribution in [0.25, 0.3) is 0 Å². The van der Waals surface area contributed by atoms with Crippen LogP contribution in [-0.2, 0) is 4.43 Å². The van der Waals surface area contributed by atoms with E-state index in [4.69, 9.17) is 9.63 Å². The molecule has 0 radical (unpaired) electrons. The zero-order valence-corrected chi connectivity index (χ0v) is 13.0. The third-order valence-corrected chi connectivity index (χ3v) is 3.46. The van der Waals surface area contributed by atoms with E-state index in [0.29, 0.717) is 0 Å². The number of hydrogen-bond donors (Lipinski definition) is 1. The summed E-state index contributed by atoms with van der Waals surface area (Å²) in [5, 5.41) is 11.5. The molecule has 1 N–H and O–H groups in total. The van der Waals surface area contributed by atoms with E-state index in [1.807, 2.05) is 24.3 Å². The van der Waals surface area contributed by atoms with E-state index in [1.54, 1.807) is 0 Å². The Bertz CT molecular complexity index is 393. The Morgan fingerprint density at radius 2 is 1.78 bits per heavy atom. The summed E-state index contributed by atoms with van der Waals surface area (Å²) in [5.41, 5.74) is 2.14. The minimum atomic E-state index is -1.09. The third kappa shape index (κ3) is 4.27. The van der Waals surface area contributed by atoms with Crippen molar-refractivity contribution >= 4 is 15.3 Å². The van der Waals surface area contributed by atoms with Gasteiger partial charge in [0.2, 0.25) is 0 Å². The lowest BCUT2D eigenvalue weighted by atomic mass is 9.84. The quantitative estimate of drug-likeness (QED) is 0.391. The van der Waals surface area contributed by atoms with Crippen molar-refractivity contribution in [1.82, 2.24) is 0 Å². The van der Waals surface area contributed by atoms with Crippen molar-refractivity contribution in [2.45, 2.75) is 40.0 Å². The van der Waals surface area contributed by atoms with E-state index in [0.717, 1.165) is 5.56 Å². The van der Waals surface area contributed by atoms with Gasteiger partial charge in [-0.1, -0.05) is 50.2 Å². The van der Waals surface area contributed by atoms with Crippen LogP contribution in [0, 0.1) is 5.41 Å². The molecule has 0 bridgehead atoms. The number of hydrogen-bond acceptors (Lipinski definition) is 3. The van der Waals surface area contributed by atoms with Gasteiger partial charge in [0.05, 0.1) is 12.3 Å². The third-order valence-electron chi connectivity index (χ3n) is 2.64. The molecule has 0 fully saturated rings. The van der Waals surface area contributed by atoms with Crippen molar-refractivity contribution in [2.24, 2.45) is 10.6 Å². The molecule has 1 atom stereocenters. The van der Waals surface area contributed by atoms with Crippen LogP contribution < -0.4 is 0 Å². The summed E-state index contributed by atoms with van der Waals surface area (Å²) in [7, 11) is -1.09. The lowest BCUT2D eigenvalue weighted by Gasteiger charge is -2.33. The first kappa shape index (κ1) is 14.9. The predicted molar refractivity (Wildman–Crippen MR) is 78.0 cm³/mol. The fraction of sp³-hybridized carbons (Fsp3) is 0.500. The van der Waals surface area contributed by atoms with E-state index in [1.165, 1.54) is 11.8 Å². The Hall–Kier alpha value is -1.13. The summed E-state index contributed by atoms with van der Waals surface area (Å²) < 4.78 is 6.16. The van der Waals surface area contributed by atoms with Crippen LogP contribution in [0.5, 0.6) is 0 Å². The largest absolute Gasteiger partial charge is 0.413 e. The Kier molecular flexibility index (Phi) is 5.11. The van der Waals surface area contributed by atoms with Crippen LogP contribution in [-0.4, -0.2) is 20.5 Å². The minimum absolute atomic E-state index is 0.0733. The molecule has 1 aromatic rings. The van der Waals surface area contributed by atoms with Gasteiger partial charge in [0.25, 0.3) is 0 Å². The van der Waals surface area contributed by atoms with Gasteiger partial charge in [-0.3, -0.25) is 0 Å². The molecule has 0 aliphatic heterocycles. The topological polar surface area (TPSA) is 41.8 Å². The molecular weight excluding hydrogens is 242 g/mol. The fourth-order valence-electron chi connectivity index (χ4n) is 1.88. The average Bonchev–Trinajstić information content (AvgIpc) is 2.26. The number of oxime groups is 1. The van der Waals surface area contributed by atoms with Crippen molar-refractivity contribution in [3.8, 4) is 0 Å². The molecule has 0 aliphatic rings. The number of benzene rings is 1. The second kappa shape index (κ2) is 6.16. The smallest absolute Gasteiger partial charge is 0.171 e. The summed E-state index contributed by atoms with van der Waals surface area (Å²) in [6.45, 7) is 10.9. The van der Waals surface area contributed by atoms with E-state index < -0.39 is 9.04 Å². The lowest BCUT2D eigenvalue weighted by Crippen LogP contribution is -2.25. The first-order valence-corrected chi connectivity index (χ1v) is 9.05. The van der Waals surface area contributed by atoms with Crippen LogP contribution >= 0.6 is 0 Å². The maximum atomic E-state index is 8.50. The van der Waals surface area contributed by atoms with E-state index in [2.05, 4.69) is 39.0 Å². The van der Waals surface area contributed by atoms with Gasteiger partial charge in [-0.05, 0) is 29.6 Å². The molecule has 18 heavy (non-hydrogen) atoms. The average molecular weight is 265 g/mol. The SMILES string of the molecule is C[SiH](C)OC(c1ccc(C=NO)cc1)C(C)(C)C. The van der Waals surface area contributed by atoms with Crippen LogP contribution in [0.1, 0.15) is 38.0 Å². The van der Waals surface area contributed by atoms with Crippen LogP contribution in [0.3, 0.4) is 0 Å². The molecule has 0 aromatic heterocycles. The van der Waals surface area contributed by atoms with Gasteiger partial charge in [0.1, 0.15) is 0 Å². The Labute approximate surface area is 111 Å². The fourth-order valence-corrected chi connectivity index (χ4v) is 2.99. The second-order valence-corrected chi connectivity index (χ2v) is 8.21. The molecular formula is C14H23NO2Si. The molecule has 0 saturated heterocycles. The Morgan fingerprint density at radius 1 is 1.22 bits per heavy atom. The van der Waals surface area contributed by atoms with Gasteiger partial charge in [-0.25, -0.2) is 0 Å². The minimum Gasteiger partial charge on any atom is -0.413 e. The monoisotopic (exact) mass is 265 g/mol. The second-order valence-electron chi connectivity index (χ2n) is 5.84. The molecule has 0 heterocycles. The Morgan fingerprint density at radius 3 is 2.17 bits per heavy atom. The van der Waals surface area contributed by atoms with Crippen molar-refractivity contribution in [2.75, 3.05) is 0 Å². The summed E-state index contributed by atoms with van der Waals surface area (Å²) in [5.74, 6) is 0. The highest BCUT2D eigenvalue weighted by Gasteiger charge is 2.27. The van der Waals surface area contributed by atoms with Crippen molar-refractivity contribution in [1.29, 1.82) is 0 Å². The summed E-state index contributed by atoms with van der Waals surface area (Å²) in [4.78, 5) is 0. The molecule has 100 valence electrons. The van der Waals surface area contributed by atoms with Crippen molar-refractivity contribution < 1.29 is 9.63 Å².